The van der Waals surface area contributed by atoms with Gasteiger partial charge in [-0.15, -0.1) is 0 Å². The van der Waals surface area contributed by atoms with Crippen LogP contribution < -0.4 is 11.1 Å². The van der Waals surface area contributed by atoms with Crippen LogP contribution in [0.3, 0.4) is 0 Å². The third kappa shape index (κ3) is 4.94. The summed E-state index contributed by atoms with van der Waals surface area (Å²) in [6.45, 7) is 3.82. The first-order valence-electron chi connectivity index (χ1n) is 8.03. The number of benzene rings is 1. The number of aryl methyl sites for hydroxylation is 1. The van der Waals surface area contributed by atoms with Crippen LogP contribution in [-0.4, -0.2) is 23.6 Å². The summed E-state index contributed by atoms with van der Waals surface area (Å²) >= 11 is 0. The molecule has 0 spiro atoms. The van der Waals surface area contributed by atoms with Crippen molar-refractivity contribution in [1.29, 1.82) is 0 Å². The Hall–Kier alpha value is -2.63. The average molecular weight is 329 g/mol. The van der Waals surface area contributed by atoms with E-state index < -0.39 is 6.09 Å². The molecule has 3 N–H and O–H groups in total. The molecule has 0 saturated carbocycles. The number of nitrogens with two attached hydrogens (primary N) is 1. The van der Waals surface area contributed by atoms with Gasteiger partial charge in [0.15, 0.2) is 0 Å². The van der Waals surface area contributed by atoms with Crippen LogP contribution in [-0.2, 0) is 9.53 Å². The predicted octanol–water partition coefficient (Wildman–Crippen LogP) is 2.99. The second kappa shape index (κ2) is 8.29. The molecule has 24 heavy (non-hydrogen) atoms. The maximum atomic E-state index is 11.5. The van der Waals surface area contributed by atoms with Gasteiger partial charge in [-0.25, -0.2) is 4.79 Å². The van der Waals surface area contributed by atoms with E-state index in [1.54, 1.807) is 0 Å². The number of carbonyl (C=O) groups excluding carboxylic acids is 2. The second-order valence-corrected chi connectivity index (χ2v) is 5.80. The maximum absolute atomic E-state index is 11.5. The topological polar surface area (TPSA) is 94.3 Å². The zero-order chi connectivity index (χ0) is 17.5. The van der Waals surface area contributed by atoms with Crippen molar-refractivity contribution in [2.45, 2.75) is 39.2 Å². The molecule has 1 aromatic carbocycles. The van der Waals surface area contributed by atoms with Crippen molar-refractivity contribution in [3.05, 3.63) is 41.6 Å². The van der Waals surface area contributed by atoms with Gasteiger partial charge in [-0.05, 0) is 43.9 Å². The number of rotatable bonds is 7. The number of hydrogen-bond donors (Lipinski definition) is 2. The van der Waals surface area contributed by atoms with Crippen LogP contribution in [0.15, 0.2) is 30.3 Å². The lowest BCUT2D eigenvalue weighted by Crippen LogP contribution is -2.27. The number of hydrogen-bond acceptors (Lipinski definition) is 4. The van der Waals surface area contributed by atoms with E-state index in [-0.39, 0.29) is 18.6 Å². The average Bonchev–Trinajstić information content (AvgIpc) is 2.52. The predicted molar refractivity (Wildman–Crippen MR) is 92.4 cm³/mol. The van der Waals surface area contributed by atoms with E-state index in [1.807, 2.05) is 37.3 Å². The van der Waals surface area contributed by atoms with Crippen LogP contribution >= 0.6 is 0 Å². The Morgan fingerprint density at radius 1 is 1.29 bits per heavy atom. The molecule has 0 aliphatic carbocycles. The Balaban J connectivity index is 2.12. The Bertz CT molecular complexity index is 731. The van der Waals surface area contributed by atoms with E-state index in [9.17, 15) is 9.59 Å². The smallest absolute Gasteiger partial charge is 0.404 e. The number of nitrogens with one attached hydrogen (secondary N) is 1. The van der Waals surface area contributed by atoms with Gasteiger partial charge in [-0.2, -0.15) is 0 Å². The standard InChI is InChI=1S/C18H23N3O3/c1-12-11-17(21-15-8-4-3-7-14(12)15)16(20-13(2)22)9-5-6-10-24-18(19)23/h3-4,7-8,11,16H,5-6,9-10H2,1-2H3,(H2,19,23)(H,20,22). The molecule has 1 unspecified atom stereocenters. The maximum Gasteiger partial charge on any atom is 0.404 e. The Morgan fingerprint density at radius 2 is 2.04 bits per heavy atom. The molecule has 0 saturated heterocycles. The summed E-state index contributed by atoms with van der Waals surface area (Å²) in [5, 5.41) is 4.06. The minimum Gasteiger partial charge on any atom is -0.450 e. The highest BCUT2D eigenvalue weighted by Gasteiger charge is 2.15. The molecule has 1 aromatic heterocycles. The minimum absolute atomic E-state index is 0.0963. The summed E-state index contributed by atoms with van der Waals surface area (Å²) < 4.78 is 4.72. The summed E-state index contributed by atoms with van der Waals surface area (Å²) in [5.41, 5.74) is 7.82. The lowest BCUT2D eigenvalue weighted by molar-refractivity contribution is -0.119. The first-order valence-corrected chi connectivity index (χ1v) is 8.03. The van der Waals surface area contributed by atoms with Gasteiger partial charge in [0.25, 0.3) is 0 Å². The van der Waals surface area contributed by atoms with Crippen molar-refractivity contribution in [2.24, 2.45) is 5.73 Å². The molecule has 6 nitrogen and oxygen atoms in total. The van der Waals surface area contributed by atoms with Crippen LogP contribution in [0.5, 0.6) is 0 Å². The molecule has 0 aliphatic heterocycles. The third-order valence-corrected chi connectivity index (χ3v) is 3.81. The van der Waals surface area contributed by atoms with Crippen LogP contribution in [0.4, 0.5) is 4.79 Å². The van der Waals surface area contributed by atoms with Crippen molar-refractivity contribution >= 4 is 22.9 Å². The number of aromatic nitrogens is 1. The fourth-order valence-corrected chi connectivity index (χ4v) is 2.72. The van der Waals surface area contributed by atoms with Gasteiger partial charge in [0.05, 0.1) is 23.9 Å². The summed E-state index contributed by atoms with van der Waals surface area (Å²) in [6.07, 6.45) is 1.42. The quantitative estimate of drug-likeness (QED) is 0.764. The highest BCUT2D eigenvalue weighted by atomic mass is 16.5. The number of amides is 2. The third-order valence-electron chi connectivity index (χ3n) is 3.81. The molecule has 2 amide bonds. The molecular formula is C18H23N3O3. The van der Waals surface area contributed by atoms with Crippen molar-refractivity contribution in [3.8, 4) is 0 Å². The van der Waals surface area contributed by atoms with E-state index in [0.29, 0.717) is 12.8 Å². The number of unbranched alkanes of at least 4 members (excludes halogenated alkanes) is 1. The van der Waals surface area contributed by atoms with E-state index in [0.717, 1.165) is 28.6 Å². The number of carbonyl (C=O) groups is 2. The van der Waals surface area contributed by atoms with Gasteiger partial charge < -0.3 is 15.8 Å². The largest absolute Gasteiger partial charge is 0.450 e. The van der Waals surface area contributed by atoms with Crippen molar-refractivity contribution in [1.82, 2.24) is 10.3 Å². The van der Waals surface area contributed by atoms with E-state index in [2.05, 4.69) is 5.32 Å². The molecule has 1 atom stereocenters. The zero-order valence-electron chi connectivity index (χ0n) is 14.0. The minimum atomic E-state index is -0.764. The molecule has 2 aromatic rings. The van der Waals surface area contributed by atoms with E-state index in [4.69, 9.17) is 15.5 Å². The molecule has 1 heterocycles. The summed E-state index contributed by atoms with van der Waals surface area (Å²) in [5.74, 6) is -0.0963. The number of primary amides is 1. The van der Waals surface area contributed by atoms with Crippen LogP contribution in [0.25, 0.3) is 10.9 Å². The highest BCUT2D eigenvalue weighted by molar-refractivity contribution is 5.82. The summed E-state index contributed by atoms with van der Waals surface area (Å²) in [4.78, 5) is 26.8. The lowest BCUT2D eigenvalue weighted by atomic mass is 10.0. The number of ether oxygens (including phenoxy) is 1. The lowest BCUT2D eigenvalue weighted by Gasteiger charge is -2.19. The van der Waals surface area contributed by atoms with Gasteiger partial charge >= 0.3 is 6.09 Å². The molecular weight excluding hydrogens is 306 g/mol. The molecule has 0 aliphatic rings. The molecule has 0 fully saturated rings. The number of fused-ring (bicyclic) bond motifs is 1. The number of pyridine rings is 1. The highest BCUT2D eigenvalue weighted by Crippen LogP contribution is 2.24. The molecule has 2 rings (SSSR count). The fraction of sp³-hybridized carbons (Fsp3) is 0.389. The van der Waals surface area contributed by atoms with E-state index >= 15 is 0 Å². The number of nitrogens with zero attached hydrogens (tertiary/aromatic N) is 1. The Labute approximate surface area is 141 Å². The van der Waals surface area contributed by atoms with Crippen LogP contribution in [0, 0.1) is 6.92 Å². The van der Waals surface area contributed by atoms with Crippen molar-refractivity contribution in [2.75, 3.05) is 6.61 Å². The monoisotopic (exact) mass is 329 g/mol. The van der Waals surface area contributed by atoms with Gasteiger partial charge in [-0.1, -0.05) is 18.2 Å². The second-order valence-electron chi connectivity index (χ2n) is 5.80. The molecule has 128 valence electrons. The fourth-order valence-electron chi connectivity index (χ4n) is 2.72. The molecule has 6 heteroatoms. The summed E-state index contributed by atoms with van der Waals surface area (Å²) in [7, 11) is 0. The summed E-state index contributed by atoms with van der Waals surface area (Å²) in [6, 6.07) is 9.80. The first-order chi connectivity index (χ1) is 11.5. The van der Waals surface area contributed by atoms with E-state index in [1.165, 1.54) is 6.92 Å². The van der Waals surface area contributed by atoms with Gasteiger partial charge in [-0.3, -0.25) is 9.78 Å². The Morgan fingerprint density at radius 3 is 2.75 bits per heavy atom. The Kier molecular flexibility index (Phi) is 6.12. The first kappa shape index (κ1) is 17.7. The van der Waals surface area contributed by atoms with Crippen molar-refractivity contribution < 1.29 is 14.3 Å². The SMILES string of the molecule is CC(=O)NC(CCCCOC(N)=O)c1cc(C)c2ccccc2n1. The normalized spacial score (nSPS) is 11.9. The molecule has 0 radical (unpaired) electrons. The van der Waals surface area contributed by atoms with Crippen molar-refractivity contribution in [3.63, 3.8) is 0 Å². The zero-order valence-corrected chi connectivity index (χ0v) is 14.0. The molecule has 0 bridgehead atoms. The van der Waals surface area contributed by atoms with Gasteiger partial charge in [0.1, 0.15) is 0 Å². The van der Waals surface area contributed by atoms with Gasteiger partial charge in [0, 0.05) is 12.3 Å². The number of para-hydroxylation sites is 1. The van der Waals surface area contributed by atoms with Crippen LogP contribution in [0.1, 0.15) is 43.5 Å². The van der Waals surface area contributed by atoms with Crippen LogP contribution in [0.2, 0.25) is 0 Å². The van der Waals surface area contributed by atoms with Gasteiger partial charge in [0.2, 0.25) is 5.91 Å².